The van der Waals surface area contributed by atoms with Crippen molar-refractivity contribution in [2.45, 2.75) is 33.7 Å². The van der Waals surface area contributed by atoms with Gasteiger partial charge in [-0.25, -0.2) is 4.98 Å². The highest BCUT2D eigenvalue weighted by Crippen LogP contribution is 2.22. The van der Waals surface area contributed by atoms with Gasteiger partial charge in [-0.1, -0.05) is 0 Å². The molecule has 1 amide bonds. The molecule has 102 valence electrons. The van der Waals surface area contributed by atoms with Crippen LogP contribution in [0.15, 0.2) is 12.3 Å². The molecule has 0 spiro atoms. The third kappa shape index (κ3) is 2.71. The van der Waals surface area contributed by atoms with Gasteiger partial charge in [0.05, 0.1) is 22.3 Å². The summed E-state index contributed by atoms with van der Waals surface area (Å²) in [5, 5.41) is 4.04. The Hall–Kier alpha value is -1.62. The Morgan fingerprint density at radius 2 is 2.11 bits per heavy atom. The topological polar surface area (TPSA) is 46.9 Å². The number of hydrogen-bond acceptors (Lipinski definition) is 3. The third-order valence-electron chi connectivity index (χ3n) is 3.33. The van der Waals surface area contributed by atoms with Crippen LogP contribution in [-0.4, -0.2) is 15.5 Å². The van der Waals surface area contributed by atoms with E-state index in [1.807, 2.05) is 51.6 Å². The first-order chi connectivity index (χ1) is 8.90. The predicted octanol–water partition coefficient (Wildman–Crippen LogP) is 2.90. The molecule has 0 aliphatic heterocycles. The van der Waals surface area contributed by atoms with Crippen molar-refractivity contribution in [3.05, 3.63) is 39.1 Å². The summed E-state index contributed by atoms with van der Waals surface area (Å²) in [4.78, 5) is 17.9. The lowest BCUT2D eigenvalue weighted by Crippen LogP contribution is -2.27. The average Bonchev–Trinajstić information content (AvgIpc) is 2.83. The van der Waals surface area contributed by atoms with Crippen molar-refractivity contribution < 1.29 is 4.79 Å². The first-order valence-electron chi connectivity index (χ1n) is 6.27. The van der Waals surface area contributed by atoms with Crippen LogP contribution in [0.4, 0.5) is 0 Å². The lowest BCUT2D eigenvalue weighted by molar-refractivity contribution is 0.0938. The first kappa shape index (κ1) is 13.8. The molecule has 2 aromatic heterocycles. The van der Waals surface area contributed by atoms with Crippen LogP contribution in [0.5, 0.6) is 0 Å². The van der Waals surface area contributed by atoms with E-state index in [0.29, 0.717) is 0 Å². The Morgan fingerprint density at radius 3 is 2.58 bits per heavy atom. The minimum Gasteiger partial charge on any atom is -0.354 e. The fourth-order valence-corrected chi connectivity index (χ4v) is 3.05. The van der Waals surface area contributed by atoms with Gasteiger partial charge < -0.3 is 9.88 Å². The zero-order valence-corrected chi connectivity index (χ0v) is 12.8. The number of nitrogens with zero attached hydrogens (tertiary/aromatic N) is 2. The van der Waals surface area contributed by atoms with Gasteiger partial charge in [0.2, 0.25) is 0 Å². The van der Waals surface area contributed by atoms with Gasteiger partial charge in [0.25, 0.3) is 5.91 Å². The van der Waals surface area contributed by atoms with E-state index in [2.05, 4.69) is 10.3 Å². The normalized spacial score (nSPS) is 12.5. The molecule has 0 bridgehead atoms. The zero-order valence-electron chi connectivity index (χ0n) is 11.9. The second-order valence-electron chi connectivity index (χ2n) is 4.80. The molecule has 0 aliphatic rings. The number of rotatable bonds is 3. The highest BCUT2D eigenvalue weighted by Gasteiger charge is 2.18. The van der Waals surface area contributed by atoms with E-state index >= 15 is 0 Å². The molecule has 0 saturated heterocycles. The van der Waals surface area contributed by atoms with E-state index in [1.165, 1.54) is 0 Å². The summed E-state index contributed by atoms with van der Waals surface area (Å²) in [6.07, 6.45) is 1.90. The van der Waals surface area contributed by atoms with Crippen molar-refractivity contribution >= 4 is 17.2 Å². The van der Waals surface area contributed by atoms with Crippen LogP contribution >= 0.6 is 11.3 Å². The zero-order chi connectivity index (χ0) is 14.2. The highest BCUT2D eigenvalue weighted by molar-refractivity contribution is 7.11. The van der Waals surface area contributed by atoms with Gasteiger partial charge in [0, 0.05) is 23.8 Å². The van der Waals surface area contributed by atoms with Crippen molar-refractivity contribution in [2.75, 3.05) is 0 Å². The van der Waals surface area contributed by atoms with Gasteiger partial charge in [0.15, 0.2) is 0 Å². The number of nitrogens with one attached hydrogen (secondary N) is 1. The smallest absolute Gasteiger partial charge is 0.253 e. The largest absolute Gasteiger partial charge is 0.354 e. The molecule has 0 unspecified atom stereocenters. The molecule has 4 nitrogen and oxygen atoms in total. The lowest BCUT2D eigenvalue weighted by Gasteiger charge is -2.13. The Labute approximate surface area is 117 Å². The summed E-state index contributed by atoms with van der Waals surface area (Å²) in [6, 6.07) is 1.77. The summed E-state index contributed by atoms with van der Waals surface area (Å²) in [5.41, 5.74) is 2.65. The van der Waals surface area contributed by atoms with Gasteiger partial charge in [-0.05, 0) is 33.8 Å². The van der Waals surface area contributed by atoms with Crippen molar-refractivity contribution in [3.8, 4) is 0 Å². The molecular weight excluding hydrogens is 258 g/mol. The average molecular weight is 277 g/mol. The minimum absolute atomic E-state index is 0.0457. The SMILES string of the molecule is Cc1nc([C@H](C)NC(=O)c2ccn(C)c2C)c(C)s1. The molecule has 2 aromatic rings. The van der Waals surface area contributed by atoms with Crippen LogP contribution in [0.25, 0.3) is 0 Å². The van der Waals surface area contributed by atoms with Crippen LogP contribution in [0.1, 0.15) is 44.6 Å². The molecule has 0 fully saturated rings. The lowest BCUT2D eigenvalue weighted by atomic mass is 10.2. The third-order valence-corrected chi connectivity index (χ3v) is 4.23. The molecule has 0 aliphatic carbocycles. The minimum atomic E-state index is -0.0722. The Bertz CT molecular complexity index is 612. The molecule has 1 atom stereocenters. The van der Waals surface area contributed by atoms with Crippen LogP contribution in [0.2, 0.25) is 0 Å². The van der Waals surface area contributed by atoms with Crippen LogP contribution < -0.4 is 5.32 Å². The summed E-state index contributed by atoms with van der Waals surface area (Å²) in [5.74, 6) is -0.0457. The van der Waals surface area contributed by atoms with E-state index in [1.54, 1.807) is 11.3 Å². The van der Waals surface area contributed by atoms with Crippen LogP contribution in [0.3, 0.4) is 0 Å². The number of thiazole rings is 1. The second kappa shape index (κ2) is 5.17. The Kier molecular flexibility index (Phi) is 3.75. The number of carbonyl (C=O) groups excluding carboxylic acids is 1. The van der Waals surface area contributed by atoms with Crippen LogP contribution in [-0.2, 0) is 7.05 Å². The number of hydrogen-bond donors (Lipinski definition) is 1. The maximum Gasteiger partial charge on any atom is 0.253 e. The molecule has 2 rings (SSSR count). The van der Waals surface area contributed by atoms with Crippen molar-refractivity contribution in [1.29, 1.82) is 0 Å². The molecule has 0 aromatic carbocycles. The monoisotopic (exact) mass is 277 g/mol. The van der Waals surface area contributed by atoms with Gasteiger partial charge >= 0.3 is 0 Å². The Balaban J connectivity index is 2.15. The van der Waals surface area contributed by atoms with E-state index in [9.17, 15) is 4.79 Å². The molecule has 1 N–H and O–H groups in total. The quantitative estimate of drug-likeness (QED) is 0.937. The standard InChI is InChI=1S/C14H19N3OS/c1-8(13-10(3)19-11(4)16-13)15-14(18)12-6-7-17(5)9(12)2/h6-8H,1-5H3,(H,15,18)/t8-/m0/s1. The molecule has 2 heterocycles. The fraction of sp³-hybridized carbons (Fsp3) is 0.429. The molecule has 5 heteroatoms. The van der Waals surface area contributed by atoms with Crippen LogP contribution in [0, 0.1) is 20.8 Å². The van der Waals surface area contributed by atoms with Gasteiger partial charge in [0.1, 0.15) is 0 Å². The molecule has 19 heavy (non-hydrogen) atoms. The summed E-state index contributed by atoms with van der Waals surface area (Å²) < 4.78 is 1.94. The molecule has 0 radical (unpaired) electrons. The number of aromatic nitrogens is 2. The van der Waals surface area contributed by atoms with Crippen molar-refractivity contribution in [3.63, 3.8) is 0 Å². The summed E-state index contributed by atoms with van der Waals surface area (Å²) >= 11 is 1.66. The van der Waals surface area contributed by atoms with Gasteiger partial charge in [-0.3, -0.25) is 4.79 Å². The number of amides is 1. The maximum atomic E-state index is 12.2. The number of aryl methyl sites for hydroxylation is 3. The van der Waals surface area contributed by atoms with Crippen molar-refractivity contribution in [1.82, 2.24) is 14.9 Å². The predicted molar refractivity (Wildman–Crippen MR) is 77.6 cm³/mol. The molecular formula is C14H19N3OS. The first-order valence-corrected chi connectivity index (χ1v) is 7.08. The van der Waals surface area contributed by atoms with Crippen molar-refractivity contribution in [2.24, 2.45) is 7.05 Å². The summed E-state index contributed by atoms with van der Waals surface area (Å²) in [7, 11) is 1.93. The van der Waals surface area contributed by atoms with E-state index in [-0.39, 0.29) is 11.9 Å². The van der Waals surface area contributed by atoms with Gasteiger partial charge in [-0.2, -0.15) is 0 Å². The maximum absolute atomic E-state index is 12.2. The summed E-state index contributed by atoms with van der Waals surface area (Å²) in [6.45, 7) is 7.93. The highest BCUT2D eigenvalue weighted by atomic mass is 32.1. The molecule has 0 saturated carbocycles. The van der Waals surface area contributed by atoms with E-state index in [0.717, 1.165) is 26.8 Å². The second-order valence-corrected chi connectivity index (χ2v) is 6.20. The van der Waals surface area contributed by atoms with E-state index in [4.69, 9.17) is 0 Å². The van der Waals surface area contributed by atoms with E-state index < -0.39 is 0 Å². The van der Waals surface area contributed by atoms with Gasteiger partial charge in [-0.15, -0.1) is 11.3 Å². The Morgan fingerprint density at radius 1 is 1.42 bits per heavy atom. The number of carbonyl (C=O) groups is 1. The fourth-order valence-electron chi connectivity index (χ4n) is 2.14.